The molecule has 2 N–H and O–H groups in total. The maximum absolute atomic E-state index is 6.53. The summed E-state index contributed by atoms with van der Waals surface area (Å²) in [4.78, 5) is 0. The van der Waals surface area contributed by atoms with Crippen molar-refractivity contribution in [2.24, 2.45) is 12.8 Å². The molecule has 0 spiro atoms. The van der Waals surface area contributed by atoms with Crippen LogP contribution < -0.4 is 5.73 Å². The molecule has 0 atom stereocenters. The fourth-order valence-electron chi connectivity index (χ4n) is 2.98. The van der Waals surface area contributed by atoms with Crippen LogP contribution in [0, 0.1) is 0 Å². The van der Waals surface area contributed by atoms with E-state index in [1.165, 1.54) is 23.9 Å². The van der Waals surface area contributed by atoms with Crippen LogP contribution in [0.5, 0.6) is 0 Å². The highest BCUT2D eigenvalue weighted by Crippen LogP contribution is 2.39. The van der Waals surface area contributed by atoms with Crippen molar-refractivity contribution in [3.63, 3.8) is 0 Å². The van der Waals surface area contributed by atoms with Gasteiger partial charge >= 0.3 is 0 Å². The van der Waals surface area contributed by atoms with E-state index < -0.39 is 0 Å². The van der Waals surface area contributed by atoms with Crippen LogP contribution in [-0.4, -0.2) is 9.78 Å². The quantitative estimate of drug-likeness (QED) is 0.793. The third-order valence-corrected chi connectivity index (χ3v) is 3.71. The predicted molar refractivity (Wildman–Crippen MR) is 65.0 cm³/mol. The fraction of sp³-hybridized carbons (Fsp3) is 0.462. The fourth-order valence-corrected chi connectivity index (χ4v) is 2.98. The van der Waals surface area contributed by atoms with Crippen molar-refractivity contribution >= 4 is 10.9 Å². The largest absolute Gasteiger partial charge is 0.320 e. The lowest BCUT2D eigenvalue weighted by molar-refractivity contribution is 0.427. The van der Waals surface area contributed by atoms with E-state index in [0.29, 0.717) is 0 Å². The Morgan fingerprint density at radius 1 is 1.25 bits per heavy atom. The maximum Gasteiger partial charge on any atom is 0.0926 e. The van der Waals surface area contributed by atoms with E-state index in [1.807, 2.05) is 17.8 Å². The topological polar surface area (TPSA) is 43.8 Å². The minimum atomic E-state index is -0.162. The molecule has 2 aromatic rings. The van der Waals surface area contributed by atoms with Crippen LogP contribution in [0.2, 0.25) is 0 Å². The van der Waals surface area contributed by atoms with E-state index in [1.54, 1.807) is 0 Å². The Hall–Kier alpha value is -1.35. The molecule has 0 amide bonds. The molecular formula is C13H17N3. The summed E-state index contributed by atoms with van der Waals surface area (Å²) < 4.78 is 1.97. The van der Waals surface area contributed by atoms with Gasteiger partial charge in [-0.1, -0.05) is 31.0 Å². The number of aryl methyl sites for hydroxylation is 1. The highest BCUT2D eigenvalue weighted by molar-refractivity contribution is 5.82. The number of fused-ring (bicyclic) bond motifs is 1. The summed E-state index contributed by atoms with van der Waals surface area (Å²) in [5, 5.41) is 5.76. The summed E-state index contributed by atoms with van der Waals surface area (Å²) in [5.74, 6) is 0. The van der Waals surface area contributed by atoms with Crippen molar-refractivity contribution in [2.75, 3.05) is 0 Å². The molecule has 1 saturated carbocycles. The summed E-state index contributed by atoms with van der Waals surface area (Å²) >= 11 is 0. The second-order valence-electron chi connectivity index (χ2n) is 4.85. The molecule has 1 aromatic heterocycles. The van der Waals surface area contributed by atoms with Crippen molar-refractivity contribution in [1.82, 2.24) is 9.78 Å². The third kappa shape index (κ3) is 1.28. The smallest absolute Gasteiger partial charge is 0.0926 e. The van der Waals surface area contributed by atoms with Crippen molar-refractivity contribution in [1.29, 1.82) is 0 Å². The molecule has 16 heavy (non-hydrogen) atoms. The molecule has 1 aromatic carbocycles. The summed E-state index contributed by atoms with van der Waals surface area (Å²) in [6.07, 6.45) is 4.62. The van der Waals surface area contributed by atoms with Gasteiger partial charge in [0.1, 0.15) is 0 Å². The average Bonchev–Trinajstić information content (AvgIpc) is 2.81. The minimum Gasteiger partial charge on any atom is -0.320 e. The molecule has 84 valence electrons. The van der Waals surface area contributed by atoms with Gasteiger partial charge in [0.15, 0.2) is 0 Å². The van der Waals surface area contributed by atoms with Crippen LogP contribution in [0.1, 0.15) is 31.4 Å². The van der Waals surface area contributed by atoms with Gasteiger partial charge in [0.2, 0.25) is 0 Å². The van der Waals surface area contributed by atoms with Crippen LogP contribution in [0.4, 0.5) is 0 Å². The molecule has 3 heteroatoms. The lowest BCUT2D eigenvalue weighted by Crippen LogP contribution is -2.35. The molecule has 3 rings (SSSR count). The van der Waals surface area contributed by atoms with Gasteiger partial charge in [-0.2, -0.15) is 5.10 Å². The summed E-state index contributed by atoms with van der Waals surface area (Å²) in [5.41, 5.74) is 8.63. The molecule has 1 aliphatic rings. The zero-order valence-corrected chi connectivity index (χ0v) is 9.61. The molecule has 0 bridgehead atoms. The Bertz CT molecular complexity index is 521. The Labute approximate surface area is 95.2 Å². The predicted octanol–water partition coefficient (Wildman–Crippen LogP) is 2.30. The van der Waals surface area contributed by atoms with Gasteiger partial charge < -0.3 is 5.73 Å². The van der Waals surface area contributed by atoms with Gasteiger partial charge in [0.05, 0.1) is 16.7 Å². The number of hydrogen-bond acceptors (Lipinski definition) is 2. The third-order valence-electron chi connectivity index (χ3n) is 3.71. The Morgan fingerprint density at radius 3 is 2.69 bits per heavy atom. The standard InChI is InChI=1S/C13H17N3/c1-16-12(13(14)8-4-5-9-13)10-6-2-3-7-11(10)15-16/h2-3,6-7H,4-5,8-9,14H2,1H3. The van der Waals surface area contributed by atoms with E-state index >= 15 is 0 Å². The SMILES string of the molecule is Cn1nc2ccccc2c1C1(N)CCCC1. The van der Waals surface area contributed by atoms with Gasteiger partial charge in [0, 0.05) is 12.4 Å². The van der Waals surface area contributed by atoms with Crippen LogP contribution in [0.3, 0.4) is 0 Å². The summed E-state index contributed by atoms with van der Waals surface area (Å²) in [7, 11) is 2.00. The van der Waals surface area contributed by atoms with E-state index in [0.717, 1.165) is 18.4 Å². The zero-order chi connectivity index (χ0) is 11.2. The molecular weight excluding hydrogens is 198 g/mol. The first kappa shape index (κ1) is 9.85. The monoisotopic (exact) mass is 215 g/mol. The van der Waals surface area contributed by atoms with E-state index in [9.17, 15) is 0 Å². The summed E-state index contributed by atoms with van der Waals surface area (Å²) in [6, 6.07) is 8.27. The van der Waals surface area contributed by atoms with Crippen molar-refractivity contribution in [3.8, 4) is 0 Å². The number of benzene rings is 1. The average molecular weight is 215 g/mol. The summed E-state index contributed by atoms with van der Waals surface area (Å²) in [6.45, 7) is 0. The first-order chi connectivity index (χ1) is 7.71. The molecule has 1 fully saturated rings. The Kier molecular flexibility index (Phi) is 2.04. The van der Waals surface area contributed by atoms with Gasteiger partial charge in [-0.15, -0.1) is 0 Å². The van der Waals surface area contributed by atoms with E-state index in [4.69, 9.17) is 5.73 Å². The highest BCUT2D eigenvalue weighted by atomic mass is 15.3. The molecule has 3 nitrogen and oxygen atoms in total. The van der Waals surface area contributed by atoms with Crippen LogP contribution >= 0.6 is 0 Å². The first-order valence-corrected chi connectivity index (χ1v) is 5.92. The van der Waals surface area contributed by atoms with Crippen LogP contribution in [0.25, 0.3) is 10.9 Å². The van der Waals surface area contributed by atoms with Crippen LogP contribution in [-0.2, 0) is 12.6 Å². The second kappa shape index (κ2) is 3.32. The Morgan fingerprint density at radius 2 is 1.94 bits per heavy atom. The molecule has 0 aliphatic heterocycles. The zero-order valence-electron chi connectivity index (χ0n) is 9.61. The van der Waals surface area contributed by atoms with Gasteiger partial charge in [0.25, 0.3) is 0 Å². The van der Waals surface area contributed by atoms with Gasteiger partial charge in [-0.05, 0) is 18.9 Å². The number of aromatic nitrogens is 2. The van der Waals surface area contributed by atoms with E-state index in [-0.39, 0.29) is 5.54 Å². The first-order valence-electron chi connectivity index (χ1n) is 5.92. The maximum atomic E-state index is 6.53. The molecule has 1 heterocycles. The van der Waals surface area contributed by atoms with Gasteiger partial charge in [-0.25, -0.2) is 0 Å². The second-order valence-corrected chi connectivity index (χ2v) is 4.85. The number of hydrogen-bond donors (Lipinski definition) is 1. The van der Waals surface area contributed by atoms with Crippen LogP contribution in [0.15, 0.2) is 24.3 Å². The lowest BCUT2D eigenvalue weighted by atomic mass is 9.92. The number of rotatable bonds is 1. The number of nitrogens with two attached hydrogens (primary N) is 1. The minimum absolute atomic E-state index is 0.162. The Balaban J connectivity index is 2.26. The van der Waals surface area contributed by atoms with Crippen molar-refractivity contribution in [3.05, 3.63) is 30.0 Å². The van der Waals surface area contributed by atoms with E-state index in [2.05, 4.69) is 23.3 Å². The van der Waals surface area contributed by atoms with Crippen molar-refractivity contribution in [2.45, 2.75) is 31.2 Å². The molecule has 0 unspecified atom stereocenters. The molecule has 1 aliphatic carbocycles. The van der Waals surface area contributed by atoms with Crippen molar-refractivity contribution < 1.29 is 0 Å². The molecule has 0 saturated heterocycles. The van der Waals surface area contributed by atoms with Gasteiger partial charge in [-0.3, -0.25) is 4.68 Å². The normalized spacial score (nSPS) is 19.4. The molecule has 0 radical (unpaired) electrons. The highest BCUT2D eigenvalue weighted by Gasteiger charge is 2.35. The lowest BCUT2D eigenvalue weighted by Gasteiger charge is -2.24. The number of nitrogens with zero attached hydrogens (tertiary/aromatic N) is 2.